The summed E-state index contributed by atoms with van der Waals surface area (Å²) < 4.78 is 1.86. The first-order valence-electron chi connectivity index (χ1n) is 5.75. The molecule has 0 aliphatic rings. The normalized spacial score (nSPS) is 12.6. The lowest BCUT2D eigenvalue weighted by molar-refractivity contribution is 0.580. The summed E-state index contributed by atoms with van der Waals surface area (Å²) in [6.07, 6.45) is 4.07. The zero-order valence-corrected chi connectivity index (χ0v) is 10.2. The van der Waals surface area contributed by atoms with Crippen molar-refractivity contribution >= 4 is 0 Å². The number of pyridine rings is 1. The Kier molecular flexibility index (Phi) is 3.49. The maximum absolute atomic E-state index is 6.14. The van der Waals surface area contributed by atoms with Crippen LogP contribution in [0, 0.1) is 6.92 Å². The number of hydrogen-bond acceptors (Lipinski definition) is 4. The summed E-state index contributed by atoms with van der Waals surface area (Å²) in [6, 6.07) is 3.90. The van der Waals surface area contributed by atoms with Crippen molar-refractivity contribution in [2.45, 2.75) is 32.9 Å². The predicted molar refractivity (Wildman–Crippen MR) is 65.3 cm³/mol. The van der Waals surface area contributed by atoms with Crippen molar-refractivity contribution in [2.75, 3.05) is 0 Å². The van der Waals surface area contributed by atoms with Crippen LogP contribution in [-0.4, -0.2) is 19.7 Å². The van der Waals surface area contributed by atoms with Gasteiger partial charge < -0.3 is 5.73 Å². The van der Waals surface area contributed by atoms with Crippen LogP contribution in [0.15, 0.2) is 24.7 Å². The van der Waals surface area contributed by atoms with E-state index in [1.54, 1.807) is 6.33 Å². The van der Waals surface area contributed by atoms with E-state index in [2.05, 4.69) is 15.1 Å². The predicted octanol–water partition coefficient (Wildman–Crippen LogP) is 1.24. The molecule has 90 valence electrons. The average Bonchev–Trinajstić information content (AvgIpc) is 2.77. The lowest BCUT2D eigenvalue weighted by atomic mass is 10.1. The van der Waals surface area contributed by atoms with Crippen LogP contribution in [0.3, 0.4) is 0 Å². The van der Waals surface area contributed by atoms with Crippen LogP contribution < -0.4 is 5.73 Å². The molecule has 0 spiro atoms. The molecule has 1 atom stereocenters. The van der Waals surface area contributed by atoms with Crippen molar-refractivity contribution in [1.29, 1.82) is 0 Å². The Bertz CT molecular complexity index is 474. The second kappa shape index (κ2) is 5.05. The Morgan fingerprint density at radius 3 is 2.82 bits per heavy atom. The van der Waals surface area contributed by atoms with Gasteiger partial charge in [0.1, 0.15) is 12.2 Å². The van der Waals surface area contributed by atoms with Gasteiger partial charge in [-0.1, -0.05) is 6.07 Å². The summed E-state index contributed by atoms with van der Waals surface area (Å²) in [5.41, 5.74) is 8.17. The maximum Gasteiger partial charge on any atom is 0.138 e. The fraction of sp³-hybridized carbons (Fsp3) is 0.417. The topological polar surface area (TPSA) is 69.6 Å². The number of nitrogens with zero attached hydrogens (tertiary/aromatic N) is 4. The summed E-state index contributed by atoms with van der Waals surface area (Å²) in [5, 5.41) is 4.13. The third-order valence-electron chi connectivity index (χ3n) is 2.76. The van der Waals surface area contributed by atoms with Crippen LogP contribution in [-0.2, 0) is 13.0 Å². The summed E-state index contributed by atoms with van der Waals surface area (Å²) >= 11 is 0. The lowest BCUT2D eigenvalue weighted by Crippen LogP contribution is -2.17. The van der Waals surface area contributed by atoms with Gasteiger partial charge >= 0.3 is 0 Å². The average molecular weight is 231 g/mol. The maximum atomic E-state index is 6.14. The molecule has 0 aliphatic heterocycles. The summed E-state index contributed by atoms with van der Waals surface area (Å²) in [5.74, 6) is 0.917. The highest BCUT2D eigenvalue weighted by atomic mass is 15.3. The molecule has 5 heteroatoms. The minimum atomic E-state index is -0.0856. The molecule has 2 aromatic heterocycles. The zero-order chi connectivity index (χ0) is 12.3. The summed E-state index contributed by atoms with van der Waals surface area (Å²) in [7, 11) is 0. The Hall–Kier alpha value is -1.75. The molecule has 0 saturated heterocycles. The van der Waals surface area contributed by atoms with Crippen molar-refractivity contribution in [1.82, 2.24) is 19.7 Å². The molecule has 0 aliphatic carbocycles. The fourth-order valence-corrected chi connectivity index (χ4v) is 1.72. The quantitative estimate of drug-likeness (QED) is 0.859. The minimum Gasteiger partial charge on any atom is -0.324 e. The Morgan fingerprint density at radius 1 is 1.35 bits per heavy atom. The van der Waals surface area contributed by atoms with Gasteiger partial charge in [-0.2, -0.15) is 5.10 Å². The zero-order valence-electron chi connectivity index (χ0n) is 10.2. The molecule has 2 N–H and O–H groups in total. The van der Waals surface area contributed by atoms with Crippen LogP contribution in [0.25, 0.3) is 0 Å². The van der Waals surface area contributed by atoms with Gasteiger partial charge in [0.05, 0.1) is 0 Å². The van der Waals surface area contributed by atoms with Crippen molar-refractivity contribution in [3.05, 3.63) is 41.7 Å². The van der Waals surface area contributed by atoms with E-state index in [4.69, 9.17) is 5.73 Å². The standard InChI is InChI=1S/C12H17N5/c1-3-17-12(15-8-16-17)6-11(13)10-5-4-9(2)14-7-10/h4-5,7-8,11H,3,6,13H2,1-2H3. The van der Waals surface area contributed by atoms with Crippen LogP contribution in [0.4, 0.5) is 0 Å². The highest BCUT2D eigenvalue weighted by Gasteiger charge is 2.11. The first-order chi connectivity index (χ1) is 8.20. The molecule has 5 nitrogen and oxygen atoms in total. The highest BCUT2D eigenvalue weighted by molar-refractivity contribution is 5.17. The Balaban J connectivity index is 2.11. The third kappa shape index (κ3) is 2.68. The van der Waals surface area contributed by atoms with Gasteiger partial charge in [0.2, 0.25) is 0 Å². The van der Waals surface area contributed by atoms with Gasteiger partial charge in [0, 0.05) is 30.9 Å². The van der Waals surface area contributed by atoms with E-state index in [9.17, 15) is 0 Å². The number of hydrogen-bond donors (Lipinski definition) is 1. The highest BCUT2D eigenvalue weighted by Crippen LogP contribution is 2.14. The van der Waals surface area contributed by atoms with E-state index in [0.29, 0.717) is 6.42 Å². The monoisotopic (exact) mass is 231 g/mol. The first kappa shape index (κ1) is 11.7. The van der Waals surface area contributed by atoms with E-state index >= 15 is 0 Å². The van der Waals surface area contributed by atoms with Gasteiger partial charge in [-0.25, -0.2) is 4.98 Å². The van der Waals surface area contributed by atoms with E-state index in [-0.39, 0.29) is 6.04 Å². The van der Waals surface area contributed by atoms with Gasteiger partial charge in [-0.05, 0) is 25.5 Å². The molecule has 0 saturated carbocycles. The molecule has 2 aromatic rings. The molecule has 2 rings (SSSR count). The minimum absolute atomic E-state index is 0.0856. The first-order valence-corrected chi connectivity index (χ1v) is 5.75. The molecule has 0 aromatic carbocycles. The molecular weight excluding hydrogens is 214 g/mol. The molecule has 17 heavy (non-hydrogen) atoms. The molecule has 0 amide bonds. The summed E-state index contributed by atoms with van der Waals surface area (Å²) in [4.78, 5) is 8.47. The lowest BCUT2D eigenvalue weighted by Gasteiger charge is -2.11. The molecule has 2 heterocycles. The Morgan fingerprint density at radius 2 is 2.18 bits per heavy atom. The van der Waals surface area contributed by atoms with Gasteiger partial charge in [0.25, 0.3) is 0 Å². The van der Waals surface area contributed by atoms with Crippen LogP contribution >= 0.6 is 0 Å². The Labute approximate surface area is 101 Å². The summed E-state index contributed by atoms with van der Waals surface area (Å²) in [6.45, 7) is 4.81. The van der Waals surface area contributed by atoms with Gasteiger partial charge in [-0.15, -0.1) is 0 Å². The number of aryl methyl sites for hydroxylation is 2. The second-order valence-electron chi connectivity index (χ2n) is 4.04. The number of nitrogens with two attached hydrogens (primary N) is 1. The van der Waals surface area contributed by atoms with Crippen LogP contribution in [0.1, 0.15) is 30.0 Å². The molecule has 0 fully saturated rings. The van der Waals surface area contributed by atoms with Crippen LogP contribution in [0.5, 0.6) is 0 Å². The van der Waals surface area contributed by atoms with Crippen molar-refractivity contribution in [3.63, 3.8) is 0 Å². The molecular formula is C12H17N5. The van der Waals surface area contributed by atoms with Gasteiger partial charge in [-0.3, -0.25) is 9.67 Å². The second-order valence-corrected chi connectivity index (χ2v) is 4.04. The SMILES string of the molecule is CCn1ncnc1CC(N)c1ccc(C)nc1. The fourth-order valence-electron chi connectivity index (χ4n) is 1.72. The third-order valence-corrected chi connectivity index (χ3v) is 2.76. The smallest absolute Gasteiger partial charge is 0.138 e. The van der Waals surface area contributed by atoms with Crippen molar-refractivity contribution in [2.24, 2.45) is 5.73 Å². The van der Waals surface area contributed by atoms with Gasteiger partial charge in [0.15, 0.2) is 0 Å². The van der Waals surface area contributed by atoms with E-state index in [1.165, 1.54) is 0 Å². The van der Waals surface area contributed by atoms with Crippen LogP contribution in [0.2, 0.25) is 0 Å². The van der Waals surface area contributed by atoms with E-state index in [1.807, 2.05) is 36.9 Å². The molecule has 1 unspecified atom stereocenters. The van der Waals surface area contributed by atoms with E-state index in [0.717, 1.165) is 23.6 Å². The van der Waals surface area contributed by atoms with Crippen molar-refractivity contribution < 1.29 is 0 Å². The number of aromatic nitrogens is 4. The largest absolute Gasteiger partial charge is 0.324 e. The molecule has 0 bridgehead atoms. The molecule has 0 radical (unpaired) electrons. The number of rotatable bonds is 4. The van der Waals surface area contributed by atoms with Crippen molar-refractivity contribution in [3.8, 4) is 0 Å². The van der Waals surface area contributed by atoms with E-state index < -0.39 is 0 Å².